The average molecular weight is 327 g/mol. The van der Waals surface area contributed by atoms with Gasteiger partial charge in [-0.15, -0.1) is 0 Å². The van der Waals surface area contributed by atoms with Crippen LogP contribution in [-0.4, -0.2) is 56.7 Å². The van der Waals surface area contributed by atoms with Crippen LogP contribution in [0, 0.1) is 0 Å². The summed E-state index contributed by atoms with van der Waals surface area (Å²) in [5.74, 6) is 0.234. The quantitative estimate of drug-likeness (QED) is 0.403. The molecule has 0 bridgehead atoms. The molecule has 1 aliphatic rings. The molecule has 1 aliphatic heterocycles. The van der Waals surface area contributed by atoms with Crippen LogP contribution in [0.1, 0.15) is 71.1 Å². The molecule has 4 heteroatoms. The topological polar surface area (TPSA) is 41.1 Å². The Morgan fingerprint density at radius 1 is 1.13 bits per heavy atom. The van der Waals surface area contributed by atoms with Gasteiger partial charge >= 0.3 is 0 Å². The van der Waals surface area contributed by atoms with E-state index in [9.17, 15) is 4.79 Å². The maximum atomic E-state index is 11.9. The van der Waals surface area contributed by atoms with E-state index in [-0.39, 0.29) is 5.91 Å². The number of quaternary nitrogens is 1. The molecule has 1 heterocycles. The number of unbranched alkanes of at least 4 members (excludes halogenated alkanes) is 6. The third-order valence-corrected chi connectivity index (χ3v) is 4.92. The van der Waals surface area contributed by atoms with Gasteiger partial charge in [0.1, 0.15) is 0 Å². The van der Waals surface area contributed by atoms with Crippen molar-refractivity contribution in [3.63, 3.8) is 0 Å². The first-order chi connectivity index (χ1) is 11.0. The van der Waals surface area contributed by atoms with Crippen LogP contribution in [0.25, 0.3) is 0 Å². The second kappa shape index (κ2) is 11.9. The molecule has 1 atom stereocenters. The molecule has 0 aromatic carbocycles. The zero-order valence-electron chi connectivity index (χ0n) is 15.8. The number of carbonyl (C=O) groups is 1. The SMILES string of the molecule is CCCCCCCCCC(=O)NCC[N+](C)(C)CC1CCCN1. The first kappa shape index (κ1) is 20.4. The number of amides is 1. The predicted octanol–water partition coefficient (Wildman–Crippen LogP) is 3.07. The highest BCUT2D eigenvalue weighted by molar-refractivity contribution is 5.75. The van der Waals surface area contributed by atoms with Gasteiger partial charge in [0.25, 0.3) is 0 Å². The zero-order chi connectivity index (χ0) is 17.0. The lowest BCUT2D eigenvalue weighted by molar-refractivity contribution is -0.890. The lowest BCUT2D eigenvalue weighted by atomic mass is 10.1. The van der Waals surface area contributed by atoms with Gasteiger partial charge in [0.15, 0.2) is 0 Å². The molecule has 1 amide bonds. The molecule has 0 aliphatic carbocycles. The Bertz CT molecular complexity index is 312. The summed E-state index contributed by atoms with van der Waals surface area (Å²) >= 11 is 0. The largest absolute Gasteiger partial charge is 0.350 e. The van der Waals surface area contributed by atoms with Crippen LogP contribution < -0.4 is 10.6 Å². The standard InChI is InChI=1S/C19H39N3O/c1-4-5-6-7-8-9-10-13-19(23)21-15-16-22(2,3)17-18-12-11-14-20-18/h18,20H,4-17H2,1-3H3/p+1. The van der Waals surface area contributed by atoms with Crippen LogP contribution in [0.3, 0.4) is 0 Å². The molecule has 1 saturated heterocycles. The summed E-state index contributed by atoms with van der Waals surface area (Å²) in [6, 6.07) is 0.661. The fraction of sp³-hybridized carbons (Fsp3) is 0.947. The molecule has 0 aromatic heterocycles. The van der Waals surface area contributed by atoms with Gasteiger partial charge in [-0.05, 0) is 25.8 Å². The molecule has 1 unspecified atom stereocenters. The Balaban J connectivity index is 1.98. The average Bonchev–Trinajstić information content (AvgIpc) is 2.98. The highest BCUT2D eigenvalue weighted by atomic mass is 16.1. The van der Waals surface area contributed by atoms with Crippen molar-refractivity contribution in [2.45, 2.75) is 77.2 Å². The Morgan fingerprint density at radius 3 is 2.48 bits per heavy atom. The molecule has 1 fully saturated rings. The third kappa shape index (κ3) is 10.7. The Hall–Kier alpha value is -0.610. The summed E-state index contributed by atoms with van der Waals surface area (Å²) in [5.41, 5.74) is 0. The van der Waals surface area contributed by atoms with E-state index in [1.807, 2.05) is 0 Å². The predicted molar refractivity (Wildman–Crippen MR) is 98.5 cm³/mol. The van der Waals surface area contributed by atoms with Gasteiger partial charge in [0, 0.05) is 6.42 Å². The number of hydrogen-bond acceptors (Lipinski definition) is 2. The Morgan fingerprint density at radius 2 is 1.83 bits per heavy atom. The summed E-state index contributed by atoms with van der Waals surface area (Å²) in [7, 11) is 4.53. The van der Waals surface area contributed by atoms with E-state index in [1.54, 1.807) is 0 Å². The maximum absolute atomic E-state index is 11.9. The molecule has 23 heavy (non-hydrogen) atoms. The molecule has 2 N–H and O–H groups in total. The number of rotatable bonds is 13. The minimum absolute atomic E-state index is 0.234. The second-order valence-electron chi connectivity index (χ2n) is 7.86. The number of nitrogens with one attached hydrogen (secondary N) is 2. The monoisotopic (exact) mass is 326 g/mol. The molecular weight excluding hydrogens is 286 g/mol. The van der Waals surface area contributed by atoms with Gasteiger partial charge in [0.2, 0.25) is 5.91 Å². The van der Waals surface area contributed by atoms with Crippen molar-refractivity contribution in [3.8, 4) is 0 Å². The van der Waals surface area contributed by atoms with Gasteiger partial charge in [-0.3, -0.25) is 4.79 Å². The van der Waals surface area contributed by atoms with E-state index in [0.29, 0.717) is 12.5 Å². The van der Waals surface area contributed by atoms with Gasteiger partial charge in [-0.25, -0.2) is 0 Å². The first-order valence-electron chi connectivity index (χ1n) is 9.85. The van der Waals surface area contributed by atoms with E-state index < -0.39 is 0 Å². The zero-order valence-corrected chi connectivity index (χ0v) is 15.8. The van der Waals surface area contributed by atoms with Gasteiger partial charge < -0.3 is 15.1 Å². The Labute approximate surface area is 144 Å². The summed E-state index contributed by atoms with van der Waals surface area (Å²) in [4.78, 5) is 11.9. The van der Waals surface area contributed by atoms with Crippen molar-refractivity contribution in [2.24, 2.45) is 0 Å². The van der Waals surface area contributed by atoms with Crippen LogP contribution in [0.2, 0.25) is 0 Å². The normalized spacial score (nSPS) is 18.3. The summed E-state index contributed by atoms with van der Waals surface area (Å²) in [6.07, 6.45) is 12.2. The van der Waals surface area contributed by atoms with Crippen molar-refractivity contribution < 1.29 is 9.28 Å². The number of likely N-dealkylation sites (N-methyl/N-ethyl adjacent to an activating group) is 1. The van der Waals surface area contributed by atoms with E-state index in [0.717, 1.165) is 30.5 Å². The minimum atomic E-state index is 0.234. The van der Waals surface area contributed by atoms with E-state index in [2.05, 4.69) is 31.7 Å². The van der Waals surface area contributed by atoms with Crippen LogP contribution in [-0.2, 0) is 4.79 Å². The third-order valence-electron chi connectivity index (χ3n) is 4.92. The molecule has 0 radical (unpaired) electrons. The smallest absolute Gasteiger partial charge is 0.220 e. The van der Waals surface area contributed by atoms with Crippen LogP contribution >= 0.6 is 0 Å². The Kier molecular flexibility index (Phi) is 10.5. The molecule has 0 aromatic rings. The van der Waals surface area contributed by atoms with Crippen molar-refractivity contribution in [2.75, 3.05) is 40.3 Å². The number of nitrogens with zero attached hydrogens (tertiary/aromatic N) is 1. The first-order valence-corrected chi connectivity index (χ1v) is 9.85. The maximum Gasteiger partial charge on any atom is 0.220 e. The molecule has 136 valence electrons. The van der Waals surface area contributed by atoms with Crippen molar-refractivity contribution in [3.05, 3.63) is 0 Å². The lowest BCUT2D eigenvalue weighted by Crippen LogP contribution is -2.51. The lowest BCUT2D eigenvalue weighted by Gasteiger charge is -2.32. The van der Waals surface area contributed by atoms with E-state index >= 15 is 0 Å². The number of carbonyl (C=O) groups excluding carboxylic acids is 1. The number of hydrogen-bond donors (Lipinski definition) is 2. The molecular formula is C19H40N3O+. The van der Waals surface area contributed by atoms with Gasteiger partial charge in [-0.2, -0.15) is 0 Å². The van der Waals surface area contributed by atoms with Crippen LogP contribution in [0.5, 0.6) is 0 Å². The molecule has 0 spiro atoms. The molecule has 4 nitrogen and oxygen atoms in total. The second-order valence-corrected chi connectivity index (χ2v) is 7.86. The minimum Gasteiger partial charge on any atom is -0.350 e. The van der Waals surface area contributed by atoms with Crippen molar-refractivity contribution in [1.29, 1.82) is 0 Å². The highest BCUT2D eigenvalue weighted by Crippen LogP contribution is 2.10. The van der Waals surface area contributed by atoms with Gasteiger partial charge in [-0.1, -0.05) is 45.4 Å². The summed E-state index contributed by atoms with van der Waals surface area (Å²) in [6.45, 7) is 6.39. The van der Waals surface area contributed by atoms with E-state index in [1.165, 1.54) is 57.9 Å². The fourth-order valence-electron chi connectivity index (χ4n) is 3.43. The fourth-order valence-corrected chi connectivity index (χ4v) is 3.43. The van der Waals surface area contributed by atoms with Crippen molar-refractivity contribution >= 4 is 5.91 Å². The van der Waals surface area contributed by atoms with Crippen LogP contribution in [0.15, 0.2) is 0 Å². The molecule has 0 saturated carbocycles. The van der Waals surface area contributed by atoms with Crippen molar-refractivity contribution in [1.82, 2.24) is 10.6 Å². The highest BCUT2D eigenvalue weighted by Gasteiger charge is 2.24. The summed E-state index contributed by atoms with van der Waals surface area (Å²) < 4.78 is 0.982. The molecule has 1 rings (SSSR count). The van der Waals surface area contributed by atoms with E-state index in [4.69, 9.17) is 0 Å². The van der Waals surface area contributed by atoms with Gasteiger partial charge in [0.05, 0.1) is 39.8 Å². The summed E-state index contributed by atoms with van der Waals surface area (Å²) in [5, 5.41) is 6.66. The van der Waals surface area contributed by atoms with Crippen LogP contribution in [0.4, 0.5) is 0 Å².